The van der Waals surface area contributed by atoms with Crippen molar-refractivity contribution in [1.82, 2.24) is 0 Å². The summed E-state index contributed by atoms with van der Waals surface area (Å²) in [6, 6.07) is 4.75. The Kier molecular flexibility index (Phi) is 6.03. The molecule has 1 saturated carbocycles. The van der Waals surface area contributed by atoms with Gasteiger partial charge in [0.15, 0.2) is 0 Å². The predicted octanol–water partition coefficient (Wildman–Crippen LogP) is 2.79. The standard InChI is InChI=1S/C14H15O3.Y/c15-8-7-10-1-3-11(4-2-10)13-6-5-12(16)9-14(13)17;/h5-7,9,11,16-17H,1-4H2;/q-1;+3. The SMILES string of the molecule is O=[C-]C=C1CCC(c2ccc(O)cc2O)CC1.[Y+3]. The number of benzene rings is 1. The van der Waals surface area contributed by atoms with Gasteiger partial charge in [0.25, 0.3) is 0 Å². The van der Waals surface area contributed by atoms with Crippen LogP contribution in [0.1, 0.15) is 37.2 Å². The minimum atomic E-state index is 0. The number of phenols is 2. The first-order chi connectivity index (χ1) is 8.20. The van der Waals surface area contributed by atoms with Gasteiger partial charge in [-0.15, -0.1) is 0 Å². The van der Waals surface area contributed by atoms with Crippen LogP contribution < -0.4 is 0 Å². The van der Waals surface area contributed by atoms with Crippen LogP contribution in [0.3, 0.4) is 0 Å². The van der Waals surface area contributed by atoms with Gasteiger partial charge in [0.05, 0.1) is 0 Å². The fraction of sp³-hybridized carbons (Fsp3) is 0.357. The summed E-state index contributed by atoms with van der Waals surface area (Å²) in [4.78, 5) is 10.2. The Morgan fingerprint density at radius 1 is 1.22 bits per heavy atom. The van der Waals surface area contributed by atoms with Crippen molar-refractivity contribution >= 4 is 6.29 Å². The van der Waals surface area contributed by atoms with Gasteiger partial charge in [-0.1, -0.05) is 31.7 Å². The third-order valence-corrected chi connectivity index (χ3v) is 3.34. The summed E-state index contributed by atoms with van der Waals surface area (Å²) >= 11 is 0. The van der Waals surface area contributed by atoms with Crippen LogP contribution in [0.15, 0.2) is 29.8 Å². The van der Waals surface area contributed by atoms with Gasteiger partial charge in [0.1, 0.15) is 11.5 Å². The normalized spacial score (nSPS) is 18.9. The molecule has 0 spiro atoms. The van der Waals surface area contributed by atoms with E-state index in [4.69, 9.17) is 0 Å². The second-order valence-corrected chi connectivity index (χ2v) is 4.44. The summed E-state index contributed by atoms with van der Waals surface area (Å²) in [6.45, 7) is 0. The summed E-state index contributed by atoms with van der Waals surface area (Å²) < 4.78 is 0. The molecular weight excluding hydrogens is 305 g/mol. The molecule has 0 aliphatic heterocycles. The largest absolute Gasteiger partial charge is 3.00 e. The number of hydrogen-bond donors (Lipinski definition) is 2. The Hall–Kier alpha value is -0.666. The van der Waals surface area contributed by atoms with Gasteiger partial charge >= 0.3 is 32.7 Å². The van der Waals surface area contributed by atoms with Crippen molar-refractivity contribution in [1.29, 1.82) is 0 Å². The van der Waals surface area contributed by atoms with Crippen molar-refractivity contribution in [3.8, 4) is 11.5 Å². The first-order valence-electron chi connectivity index (χ1n) is 5.78. The van der Waals surface area contributed by atoms with Crippen molar-refractivity contribution in [3.63, 3.8) is 0 Å². The number of aromatic hydroxyl groups is 2. The average molecular weight is 320 g/mol. The van der Waals surface area contributed by atoms with Crippen LogP contribution >= 0.6 is 0 Å². The minimum Gasteiger partial charge on any atom is -0.508 e. The van der Waals surface area contributed by atoms with Crippen LogP contribution in [-0.2, 0) is 37.5 Å². The maximum absolute atomic E-state index is 10.2. The number of allylic oxidation sites excluding steroid dienone is 2. The second-order valence-electron chi connectivity index (χ2n) is 4.44. The van der Waals surface area contributed by atoms with Gasteiger partial charge < -0.3 is 15.0 Å². The molecule has 0 unspecified atom stereocenters. The average Bonchev–Trinajstić information content (AvgIpc) is 2.31. The zero-order valence-corrected chi connectivity index (χ0v) is 12.9. The molecule has 90 valence electrons. The van der Waals surface area contributed by atoms with Crippen LogP contribution in [0.25, 0.3) is 0 Å². The number of hydrogen-bond acceptors (Lipinski definition) is 3. The van der Waals surface area contributed by atoms with Gasteiger partial charge in [0, 0.05) is 6.07 Å². The van der Waals surface area contributed by atoms with E-state index in [2.05, 4.69) is 0 Å². The molecule has 2 N–H and O–H groups in total. The molecule has 0 radical (unpaired) electrons. The number of phenolic OH excluding ortho intramolecular Hbond substituents is 2. The van der Waals surface area contributed by atoms with Crippen molar-refractivity contribution in [2.75, 3.05) is 0 Å². The topological polar surface area (TPSA) is 57.5 Å². The molecule has 0 aromatic heterocycles. The Balaban J connectivity index is 0.00000162. The number of rotatable bonds is 2. The molecule has 1 aromatic rings. The molecule has 1 aliphatic carbocycles. The first kappa shape index (κ1) is 15.4. The summed E-state index contributed by atoms with van der Waals surface area (Å²) in [7, 11) is 0. The van der Waals surface area contributed by atoms with Crippen LogP contribution in [0.5, 0.6) is 11.5 Å². The number of carbonyl (C=O) groups excluding carboxylic acids is 1. The summed E-state index contributed by atoms with van der Waals surface area (Å²) in [5.41, 5.74) is 2.02. The van der Waals surface area contributed by atoms with Crippen molar-refractivity contribution < 1.29 is 47.7 Å². The molecule has 4 heteroatoms. The van der Waals surface area contributed by atoms with Gasteiger partial charge in [-0.25, -0.2) is 5.57 Å². The Morgan fingerprint density at radius 3 is 2.44 bits per heavy atom. The van der Waals surface area contributed by atoms with Crippen molar-refractivity contribution in [3.05, 3.63) is 35.4 Å². The summed E-state index contributed by atoms with van der Waals surface area (Å²) in [6.07, 6.45) is 6.93. The quantitative estimate of drug-likeness (QED) is 0.651. The van der Waals surface area contributed by atoms with E-state index in [1.54, 1.807) is 12.1 Å². The maximum atomic E-state index is 10.2. The van der Waals surface area contributed by atoms with Gasteiger partial charge in [-0.2, -0.15) is 6.08 Å². The first-order valence-corrected chi connectivity index (χ1v) is 5.78. The minimum absolute atomic E-state index is 0. The van der Waals surface area contributed by atoms with E-state index in [0.717, 1.165) is 36.8 Å². The fourth-order valence-electron chi connectivity index (χ4n) is 2.40. The maximum Gasteiger partial charge on any atom is 3.00 e. The molecule has 1 aromatic carbocycles. The zero-order chi connectivity index (χ0) is 12.3. The molecule has 3 nitrogen and oxygen atoms in total. The van der Waals surface area contributed by atoms with E-state index >= 15 is 0 Å². The van der Waals surface area contributed by atoms with E-state index in [1.165, 1.54) is 12.1 Å². The Labute approximate surface area is 132 Å². The smallest absolute Gasteiger partial charge is 0.508 e. The molecule has 0 bridgehead atoms. The predicted molar refractivity (Wildman–Crippen MR) is 64.8 cm³/mol. The Morgan fingerprint density at radius 2 is 1.89 bits per heavy atom. The van der Waals surface area contributed by atoms with Gasteiger partial charge in [-0.05, 0) is 23.8 Å². The van der Waals surface area contributed by atoms with Crippen LogP contribution in [0.2, 0.25) is 0 Å². The van der Waals surface area contributed by atoms with E-state index < -0.39 is 0 Å². The Bertz CT molecular complexity index is 444. The van der Waals surface area contributed by atoms with Gasteiger partial charge in [0.2, 0.25) is 0 Å². The third kappa shape index (κ3) is 3.66. The zero-order valence-electron chi connectivity index (χ0n) is 10.1. The van der Waals surface area contributed by atoms with E-state index in [9.17, 15) is 15.0 Å². The molecular formula is C14H15O3Y+2. The third-order valence-electron chi connectivity index (χ3n) is 3.34. The fourth-order valence-corrected chi connectivity index (χ4v) is 2.40. The van der Waals surface area contributed by atoms with E-state index in [1.807, 2.05) is 6.29 Å². The molecule has 1 aliphatic rings. The summed E-state index contributed by atoms with van der Waals surface area (Å²) in [5.74, 6) is 0.544. The van der Waals surface area contributed by atoms with Crippen molar-refractivity contribution in [2.24, 2.45) is 0 Å². The second kappa shape index (κ2) is 7.05. The van der Waals surface area contributed by atoms with E-state index in [0.29, 0.717) is 5.92 Å². The van der Waals surface area contributed by atoms with Gasteiger partial charge in [-0.3, -0.25) is 0 Å². The van der Waals surface area contributed by atoms with E-state index in [-0.39, 0.29) is 44.2 Å². The molecule has 0 heterocycles. The van der Waals surface area contributed by atoms with Crippen LogP contribution in [0, 0.1) is 0 Å². The van der Waals surface area contributed by atoms with Crippen LogP contribution in [-0.4, -0.2) is 16.5 Å². The van der Waals surface area contributed by atoms with Crippen molar-refractivity contribution in [2.45, 2.75) is 31.6 Å². The molecule has 18 heavy (non-hydrogen) atoms. The summed E-state index contributed by atoms with van der Waals surface area (Å²) in [5, 5.41) is 19.0. The van der Waals surface area contributed by atoms with Crippen LogP contribution in [0.4, 0.5) is 0 Å². The molecule has 2 rings (SSSR count). The molecule has 0 amide bonds. The molecule has 1 fully saturated rings. The monoisotopic (exact) mass is 320 g/mol. The molecule has 0 atom stereocenters. The molecule has 0 saturated heterocycles.